The fourth-order valence-corrected chi connectivity index (χ4v) is 2.89. The van der Waals surface area contributed by atoms with Gasteiger partial charge in [-0.2, -0.15) is 0 Å². The van der Waals surface area contributed by atoms with E-state index in [2.05, 4.69) is 4.98 Å². The van der Waals surface area contributed by atoms with Crippen molar-refractivity contribution in [1.82, 2.24) is 4.98 Å². The predicted molar refractivity (Wildman–Crippen MR) is 106 cm³/mol. The van der Waals surface area contributed by atoms with Gasteiger partial charge in [0.15, 0.2) is 0 Å². The summed E-state index contributed by atoms with van der Waals surface area (Å²) in [6, 6.07) is 17.3. The normalized spacial score (nSPS) is 11.5. The first kappa shape index (κ1) is 17.9. The summed E-state index contributed by atoms with van der Waals surface area (Å²) in [6.45, 7) is 7.91. The second kappa shape index (κ2) is 6.79. The van der Waals surface area contributed by atoms with Crippen LogP contribution in [0, 0.1) is 12.3 Å². The summed E-state index contributed by atoms with van der Waals surface area (Å²) in [6.07, 6.45) is 0. The molecule has 0 aliphatic heterocycles. The molecule has 0 aliphatic rings. The van der Waals surface area contributed by atoms with E-state index in [0.29, 0.717) is 5.56 Å². The Morgan fingerprint density at radius 2 is 1.69 bits per heavy atom. The van der Waals surface area contributed by atoms with Crippen molar-refractivity contribution >= 4 is 22.5 Å². The number of H-pyrrole nitrogens is 1. The molecule has 4 nitrogen and oxygen atoms in total. The first-order valence-corrected chi connectivity index (χ1v) is 8.75. The van der Waals surface area contributed by atoms with Crippen LogP contribution in [0.15, 0.2) is 59.4 Å². The average Bonchev–Trinajstić information content (AvgIpc) is 2.59. The zero-order chi connectivity index (χ0) is 18.9. The molecule has 0 radical (unpaired) electrons. The highest BCUT2D eigenvalue weighted by molar-refractivity contribution is 5.97. The van der Waals surface area contributed by atoms with Crippen LogP contribution in [0.1, 0.15) is 31.9 Å². The molecule has 0 saturated carbocycles. The minimum Gasteiger partial charge on any atom is -0.322 e. The minimum atomic E-state index is -0.547. The number of aromatic nitrogens is 1. The molecule has 0 saturated heterocycles. The molecular weight excluding hydrogens is 324 g/mol. The number of nitrogens with one attached hydrogen (secondary N) is 1. The Morgan fingerprint density at radius 3 is 2.35 bits per heavy atom. The minimum absolute atomic E-state index is 0.0195. The number of aromatic amines is 1. The van der Waals surface area contributed by atoms with E-state index in [9.17, 15) is 9.59 Å². The molecule has 1 aromatic heterocycles. The number of nitrogens with zero attached hydrogens (tertiary/aromatic N) is 1. The number of fused-ring (bicyclic) bond motifs is 1. The zero-order valence-electron chi connectivity index (χ0n) is 15.7. The van der Waals surface area contributed by atoms with E-state index < -0.39 is 5.41 Å². The van der Waals surface area contributed by atoms with Crippen LogP contribution in [0.3, 0.4) is 0 Å². The Hall–Kier alpha value is -2.88. The van der Waals surface area contributed by atoms with E-state index >= 15 is 0 Å². The third kappa shape index (κ3) is 3.69. The molecule has 2 aromatic carbocycles. The van der Waals surface area contributed by atoms with Crippen LogP contribution >= 0.6 is 0 Å². The number of amides is 1. The van der Waals surface area contributed by atoms with E-state index in [-0.39, 0.29) is 18.0 Å². The van der Waals surface area contributed by atoms with Gasteiger partial charge in [0.2, 0.25) is 5.91 Å². The summed E-state index contributed by atoms with van der Waals surface area (Å²) in [5.74, 6) is -0.0195. The standard InChI is InChI=1S/C22H24N2O2/c1-15-9-11-18(12-10-15)24(21(26)22(2,3)4)14-17-13-16-7-5-6-8-19(16)23-20(17)25/h5-13H,14H2,1-4H3,(H,23,25). The summed E-state index contributed by atoms with van der Waals surface area (Å²) in [5, 5.41) is 0.953. The molecule has 0 atom stereocenters. The Labute approximate surface area is 153 Å². The van der Waals surface area contributed by atoms with Gasteiger partial charge in [-0.25, -0.2) is 0 Å². The smallest absolute Gasteiger partial charge is 0.253 e. The van der Waals surface area contributed by atoms with Crippen LogP contribution in [0.4, 0.5) is 5.69 Å². The van der Waals surface area contributed by atoms with Crippen molar-refractivity contribution in [2.75, 3.05) is 4.90 Å². The second-order valence-electron chi connectivity index (χ2n) is 7.69. The number of aryl methyl sites for hydroxylation is 1. The molecule has 0 unspecified atom stereocenters. The number of hydrogen-bond acceptors (Lipinski definition) is 2. The van der Waals surface area contributed by atoms with Gasteiger partial charge in [0.25, 0.3) is 5.56 Å². The van der Waals surface area contributed by atoms with E-state index in [1.807, 2.05) is 82.3 Å². The Morgan fingerprint density at radius 1 is 1.04 bits per heavy atom. The third-order valence-corrected chi connectivity index (χ3v) is 4.39. The fourth-order valence-electron chi connectivity index (χ4n) is 2.89. The van der Waals surface area contributed by atoms with Crippen molar-refractivity contribution in [2.24, 2.45) is 5.41 Å². The molecule has 134 valence electrons. The summed E-state index contributed by atoms with van der Waals surface area (Å²) in [5.41, 5.74) is 2.58. The Balaban J connectivity index is 2.05. The Kier molecular flexibility index (Phi) is 4.68. The number of benzene rings is 2. The third-order valence-electron chi connectivity index (χ3n) is 4.39. The molecular formula is C22H24N2O2. The number of pyridine rings is 1. The van der Waals surface area contributed by atoms with Crippen LogP contribution < -0.4 is 10.5 Å². The number of rotatable bonds is 3. The topological polar surface area (TPSA) is 53.2 Å². The second-order valence-corrected chi connectivity index (χ2v) is 7.69. The molecule has 0 bridgehead atoms. The summed E-state index contributed by atoms with van der Waals surface area (Å²) >= 11 is 0. The molecule has 0 aliphatic carbocycles. The van der Waals surface area contributed by atoms with Gasteiger partial charge in [0.05, 0.1) is 6.54 Å². The van der Waals surface area contributed by atoms with Gasteiger partial charge in [-0.1, -0.05) is 56.7 Å². The lowest BCUT2D eigenvalue weighted by Gasteiger charge is -2.29. The maximum Gasteiger partial charge on any atom is 0.253 e. The maximum atomic E-state index is 13.0. The number of anilines is 1. The summed E-state index contributed by atoms with van der Waals surface area (Å²) in [7, 11) is 0. The van der Waals surface area contributed by atoms with Crippen molar-refractivity contribution in [3.8, 4) is 0 Å². The SMILES string of the molecule is Cc1ccc(N(Cc2cc3ccccc3[nH]c2=O)C(=O)C(C)(C)C)cc1. The molecule has 3 aromatic rings. The molecule has 0 fully saturated rings. The van der Waals surface area contributed by atoms with Crippen LogP contribution in [0.5, 0.6) is 0 Å². The lowest BCUT2D eigenvalue weighted by Crippen LogP contribution is -2.40. The molecule has 3 rings (SSSR count). The fraction of sp³-hybridized carbons (Fsp3) is 0.273. The van der Waals surface area contributed by atoms with Crippen molar-refractivity contribution in [3.63, 3.8) is 0 Å². The van der Waals surface area contributed by atoms with Crippen LogP contribution in [0.2, 0.25) is 0 Å². The van der Waals surface area contributed by atoms with Crippen molar-refractivity contribution in [1.29, 1.82) is 0 Å². The number of carbonyl (C=O) groups excluding carboxylic acids is 1. The highest BCUT2D eigenvalue weighted by Crippen LogP contribution is 2.25. The van der Waals surface area contributed by atoms with Crippen molar-refractivity contribution in [3.05, 3.63) is 76.1 Å². The highest BCUT2D eigenvalue weighted by Gasteiger charge is 2.29. The average molecular weight is 348 g/mol. The maximum absolute atomic E-state index is 13.0. The number of hydrogen-bond donors (Lipinski definition) is 1. The van der Waals surface area contributed by atoms with Crippen molar-refractivity contribution in [2.45, 2.75) is 34.2 Å². The first-order valence-electron chi connectivity index (χ1n) is 8.75. The monoisotopic (exact) mass is 348 g/mol. The Bertz CT molecular complexity index is 995. The van der Waals surface area contributed by atoms with E-state index in [1.165, 1.54) is 0 Å². The van der Waals surface area contributed by atoms with Crippen LogP contribution in [0.25, 0.3) is 10.9 Å². The molecule has 0 spiro atoms. The van der Waals surface area contributed by atoms with Gasteiger partial charge in [-0.3, -0.25) is 9.59 Å². The largest absolute Gasteiger partial charge is 0.322 e. The van der Waals surface area contributed by atoms with Crippen LogP contribution in [-0.4, -0.2) is 10.9 Å². The van der Waals surface area contributed by atoms with Gasteiger partial charge < -0.3 is 9.88 Å². The molecule has 4 heteroatoms. The molecule has 1 N–H and O–H groups in total. The zero-order valence-corrected chi connectivity index (χ0v) is 15.7. The van der Waals surface area contributed by atoms with E-state index in [4.69, 9.17) is 0 Å². The number of carbonyl (C=O) groups is 1. The highest BCUT2D eigenvalue weighted by atomic mass is 16.2. The number of para-hydroxylation sites is 1. The first-order chi connectivity index (χ1) is 12.3. The predicted octanol–water partition coefficient (Wildman–Crippen LogP) is 4.42. The lowest BCUT2D eigenvalue weighted by molar-refractivity contribution is -0.125. The van der Waals surface area contributed by atoms with Gasteiger partial charge in [0.1, 0.15) is 0 Å². The summed E-state index contributed by atoms with van der Waals surface area (Å²) < 4.78 is 0. The van der Waals surface area contributed by atoms with Gasteiger partial charge in [0, 0.05) is 22.2 Å². The molecule has 1 heterocycles. The van der Waals surface area contributed by atoms with E-state index in [1.54, 1.807) is 4.90 Å². The summed E-state index contributed by atoms with van der Waals surface area (Å²) in [4.78, 5) is 30.2. The van der Waals surface area contributed by atoms with E-state index in [0.717, 1.165) is 22.2 Å². The quantitative estimate of drug-likeness (QED) is 0.762. The molecule has 26 heavy (non-hydrogen) atoms. The van der Waals surface area contributed by atoms with Gasteiger partial charge >= 0.3 is 0 Å². The van der Waals surface area contributed by atoms with Crippen molar-refractivity contribution < 1.29 is 4.79 Å². The van der Waals surface area contributed by atoms with Gasteiger partial charge in [-0.05, 0) is 36.6 Å². The lowest BCUT2D eigenvalue weighted by atomic mass is 9.94. The van der Waals surface area contributed by atoms with Crippen LogP contribution in [-0.2, 0) is 11.3 Å². The molecule has 1 amide bonds. The van der Waals surface area contributed by atoms with Gasteiger partial charge in [-0.15, -0.1) is 0 Å².